The average molecular weight is 752 g/mol. The number of amides is 1. The Morgan fingerprint density at radius 3 is 2.54 bits per heavy atom. The summed E-state index contributed by atoms with van der Waals surface area (Å²) in [6, 6.07) is 15.1. The number of hydrazone groups is 1. The van der Waals surface area contributed by atoms with Crippen LogP contribution in [-0.4, -0.2) is 17.0 Å². The molecule has 1 amide bonds. The number of hydrogen-bond acceptors (Lipinski definition) is 6. The second-order valence-electron chi connectivity index (χ2n) is 7.13. The Hall–Kier alpha value is -2.00. The summed E-state index contributed by atoms with van der Waals surface area (Å²) in [6.45, 7) is 0.295. The lowest BCUT2D eigenvalue weighted by Crippen LogP contribution is -2.16. The zero-order chi connectivity index (χ0) is 25.1. The first kappa shape index (κ1) is 26.1. The van der Waals surface area contributed by atoms with E-state index in [0.717, 1.165) is 28.7 Å². The number of ether oxygens (including phenoxy) is 1. The van der Waals surface area contributed by atoms with Crippen molar-refractivity contribution in [2.24, 2.45) is 5.10 Å². The van der Waals surface area contributed by atoms with Gasteiger partial charge < -0.3 is 4.74 Å². The molecule has 12 heteroatoms. The van der Waals surface area contributed by atoms with E-state index in [1.807, 2.05) is 18.2 Å². The number of nitro groups is 1. The molecule has 0 spiro atoms. The summed E-state index contributed by atoms with van der Waals surface area (Å²) in [6.07, 6.45) is 1.54. The fourth-order valence-corrected chi connectivity index (χ4v) is 6.58. The Bertz CT molecular complexity index is 1470. The van der Waals surface area contributed by atoms with Crippen molar-refractivity contribution < 1.29 is 14.5 Å². The number of rotatable bonds is 7. The molecular weight excluding hydrogens is 739 g/mol. The number of carbonyl (C=O) groups excluding carboxylic acids is 1. The number of carbonyl (C=O) groups is 1. The molecular formula is C23H13Cl2I2N3O4S. The summed E-state index contributed by atoms with van der Waals surface area (Å²) in [5.74, 6) is 0.326. The number of nitro benzene ring substituents is 1. The molecule has 0 bridgehead atoms. The van der Waals surface area contributed by atoms with Crippen LogP contribution in [0.15, 0.2) is 59.7 Å². The number of nitrogens with one attached hydrogen (secondary N) is 1. The molecule has 1 heterocycles. The Kier molecular flexibility index (Phi) is 8.47. The van der Waals surface area contributed by atoms with E-state index in [0.29, 0.717) is 26.9 Å². The number of fused-ring (bicyclic) bond motifs is 1. The van der Waals surface area contributed by atoms with Gasteiger partial charge in [0, 0.05) is 37.8 Å². The number of nitrogens with zero attached hydrogens (tertiary/aromatic N) is 2. The summed E-state index contributed by atoms with van der Waals surface area (Å²) in [7, 11) is 0. The molecule has 0 atom stereocenters. The zero-order valence-electron chi connectivity index (χ0n) is 17.4. The molecule has 3 aromatic carbocycles. The minimum absolute atomic E-state index is 0.0202. The van der Waals surface area contributed by atoms with Gasteiger partial charge in [-0.15, -0.1) is 11.3 Å². The maximum Gasteiger partial charge on any atom is 0.281 e. The van der Waals surface area contributed by atoms with Crippen molar-refractivity contribution in [2.45, 2.75) is 6.61 Å². The second-order valence-corrected chi connectivity index (χ2v) is 11.4. The predicted octanol–water partition coefficient (Wildman–Crippen LogP) is 7.67. The summed E-state index contributed by atoms with van der Waals surface area (Å²) < 4.78 is 8.51. The van der Waals surface area contributed by atoms with Crippen molar-refractivity contribution in [3.05, 3.63) is 97.9 Å². The quantitative estimate of drug-likeness (QED) is 0.0909. The van der Waals surface area contributed by atoms with Gasteiger partial charge in [-0.25, -0.2) is 5.43 Å². The highest BCUT2D eigenvalue weighted by atomic mass is 127. The summed E-state index contributed by atoms with van der Waals surface area (Å²) in [5, 5.41) is 16.7. The topological polar surface area (TPSA) is 93.8 Å². The standard InChI is InChI=1S/C23H13Cl2I2N3O4S/c24-15-2-1-13(17(25)9-15)11-34-22-18(26)5-12(6-19(22)27)10-28-29-23(31)21-8-14-7-16(30(32)33)3-4-20(14)35-21/h1-10H,11H2,(H,29,31)/b28-10-. The Morgan fingerprint density at radius 1 is 1.11 bits per heavy atom. The van der Waals surface area contributed by atoms with Gasteiger partial charge in [-0.1, -0.05) is 29.3 Å². The first-order chi connectivity index (χ1) is 16.7. The first-order valence-electron chi connectivity index (χ1n) is 9.78. The number of hydrogen-bond donors (Lipinski definition) is 1. The molecule has 0 radical (unpaired) electrons. The molecule has 0 fully saturated rings. The number of halogens is 4. The summed E-state index contributed by atoms with van der Waals surface area (Å²) >= 11 is 17.8. The van der Waals surface area contributed by atoms with Crippen LogP contribution in [0.5, 0.6) is 5.75 Å². The molecule has 0 aliphatic carbocycles. The van der Waals surface area contributed by atoms with Crippen molar-refractivity contribution in [1.29, 1.82) is 0 Å². The molecule has 178 valence electrons. The Morgan fingerprint density at radius 2 is 1.86 bits per heavy atom. The van der Waals surface area contributed by atoms with Crippen molar-refractivity contribution >= 4 is 108 Å². The Balaban J connectivity index is 1.42. The van der Waals surface area contributed by atoms with Crippen LogP contribution >= 0.6 is 79.7 Å². The van der Waals surface area contributed by atoms with Crippen LogP contribution in [0.25, 0.3) is 10.1 Å². The lowest BCUT2D eigenvalue weighted by molar-refractivity contribution is -0.384. The molecule has 0 aliphatic rings. The SMILES string of the molecule is O=C(N/N=C\c1cc(I)c(OCc2ccc(Cl)cc2Cl)c(I)c1)c1cc2cc([N+](=O)[O-])ccc2s1. The highest BCUT2D eigenvalue weighted by Crippen LogP contribution is 2.31. The van der Waals surface area contributed by atoms with Crippen molar-refractivity contribution in [2.75, 3.05) is 0 Å². The summed E-state index contributed by atoms with van der Waals surface area (Å²) in [4.78, 5) is 23.4. The highest BCUT2D eigenvalue weighted by Gasteiger charge is 2.14. The molecule has 0 saturated heterocycles. The van der Waals surface area contributed by atoms with Gasteiger partial charge in [-0.2, -0.15) is 5.10 Å². The monoisotopic (exact) mass is 751 g/mol. The number of benzene rings is 3. The fourth-order valence-electron chi connectivity index (χ4n) is 3.06. The van der Waals surface area contributed by atoms with Crippen LogP contribution in [0.4, 0.5) is 5.69 Å². The van der Waals surface area contributed by atoms with E-state index >= 15 is 0 Å². The van der Waals surface area contributed by atoms with E-state index in [9.17, 15) is 14.9 Å². The third-order valence-electron chi connectivity index (χ3n) is 4.72. The minimum Gasteiger partial charge on any atom is -0.487 e. The van der Waals surface area contributed by atoms with Gasteiger partial charge in [0.25, 0.3) is 11.6 Å². The van der Waals surface area contributed by atoms with E-state index in [1.54, 1.807) is 30.5 Å². The lowest BCUT2D eigenvalue weighted by Gasteiger charge is -2.12. The second kappa shape index (κ2) is 11.4. The van der Waals surface area contributed by atoms with E-state index in [4.69, 9.17) is 27.9 Å². The van der Waals surface area contributed by atoms with Crippen molar-refractivity contribution in [1.82, 2.24) is 5.43 Å². The highest BCUT2D eigenvalue weighted by molar-refractivity contribution is 14.1. The number of non-ortho nitro benzene ring substituents is 1. The fraction of sp³-hybridized carbons (Fsp3) is 0.0435. The first-order valence-corrected chi connectivity index (χ1v) is 13.5. The van der Waals surface area contributed by atoms with Gasteiger partial charge in [-0.05, 0) is 87.1 Å². The largest absolute Gasteiger partial charge is 0.487 e. The van der Waals surface area contributed by atoms with Gasteiger partial charge in [0.15, 0.2) is 0 Å². The van der Waals surface area contributed by atoms with E-state index in [1.165, 1.54) is 23.5 Å². The minimum atomic E-state index is -0.465. The molecule has 0 saturated carbocycles. The molecule has 4 aromatic rings. The van der Waals surface area contributed by atoms with Gasteiger partial charge in [0.1, 0.15) is 12.4 Å². The van der Waals surface area contributed by atoms with Gasteiger partial charge in [0.2, 0.25) is 0 Å². The predicted molar refractivity (Wildman–Crippen MR) is 156 cm³/mol. The van der Waals surface area contributed by atoms with E-state index < -0.39 is 10.8 Å². The molecule has 7 nitrogen and oxygen atoms in total. The van der Waals surface area contributed by atoms with Gasteiger partial charge in [-0.3, -0.25) is 14.9 Å². The van der Waals surface area contributed by atoms with Gasteiger partial charge >= 0.3 is 0 Å². The molecule has 1 N–H and O–H groups in total. The van der Waals surface area contributed by atoms with E-state index in [2.05, 4.69) is 55.7 Å². The maximum absolute atomic E-state index is 12.5. The molecule has 0 unspecified atom stereocenters. The number of thiophene rings is 1. The van der Waals surface area contributed by atoms with Crippen LogP contribution in [0, 0.1) is 17.3 Å². The molecule has 0 aliphatic heterocycles. The van der Waals surface area contributed by atoms with Crippen LogP contribution in [0.2, 0.25) is 10.0 Å². The van der Waals surface area contributed by atoms with Crippen molar-refractivity contribution in [3.8, 4) is 5.75 Å². The Labute approximate surface area is 240 Å². The maximum atomic E-state index is 12.5. The summed E-state index contributed by atoms with van der Waals surface area (Å²) in [5.41, 5.74) is 4.09. The molecule has 4 rings (SSSR count). The molecule has 35 heavy (non-hydrogen) atoms. The van der Waals surface area contributed by atoms with E-state index in [-0.39, 0.29) is 5.69 Å². The van der Waals surface area contributed by atoms with Gasteiger partial charge in [0.05, 0.1) is 23.2 Å². The lowest BCUT2D eigenvalue weighted by atomic mass is 10.2. The molecule has 1 aromatic heterocycles. The average Bonchev–Trinajstić information content (AvgIpc) is 3.23. The zero-order valence-corrected chi connectivity index (χ0v) is 24.1. The third-order valence-corrected chi connectivity index (χ3v) is 8.03. The van der Waals surface area contributed by atoms with Crippen LogP contribution in [0.1, 0.15) is 20.8 Å². The smallest absolute Gasteiger partial charge is 0.281 e. The normalized spacial score (nSPS) is 11.2. The van der Waals surface area contributed by atoms with Crippen LogP contribution < -0.4 is 10.2 Å². The third kappa shape index (κ3) is 6.42. The van der Waals surface area contributed by atoms with Crippen molar-refractivity contribution in [3.63, 3.8) is 0 Å². The van der Waals surface area contributed by atoms with Crippen LogP contribution in [0.3, 0.4) is 0 Å². The van der Waals surface area contributed by atoms with Crippen LogP contribution in [-0.2, 0) is 6.61 Å².